The van der Waals surface area contributed by atoms with Crippen molar-refractivity contribution in [3.05, 3.63) is 24.0 Å². The number of aromatic nitrogens is 3. The van der Waals surface area contributed by atoms with Crippen LogP contribution in [0.4, 0.5) is 5.82 Å². The van der Waals surface area contributed by atoms with Crippen LogP contribution in [0.2, 0.25) is 0 Å². The monoisotopic (exact) mass is 249 g/mol. The first-order valence-electron chi connectivity index (χ1n) is 5.88. The van der Waals surface area contributed by atoms with Gasteiger partial charge in [-0.05, 0) is 24.6 Å². The molecule has 2 heterocycles. The van der Waals surface area contributed by atoms with Gasteiger partial charge in [-0.1, -0.05) is 0 Å². The fourth-order valence-corrected chi connectivity index (χ4v) is 2.02. The highest BCUT2D eigenvalue weighted by molar-refractivity contribution is 5.52. The lowest BCUT2D eigenvalue weighted by atomic mass is 10.2. The minimum atomic E-state index is -0.0286. The van der Waals surface area contributed by atoms with Crippen molar-refractivity contribution in [1.82, 2.24) is 14.6 Å². The van der Waals surface area contributed by atoms with Crippen LogP contribution in [0.25, 0.3) is 5.65 Å². The molecule has 2 aromatic heterocycles. The highest BCUT2D eigenvalue weighted by Crippen LogP contribution is 2.16. The normalized spacial score (nSPS) is 12.9. The summed E-state index contributed by atoms with van der Waals surface area (Å²) in [5.41, 5.74) is 7.96. The van der Waals surface area contributed by atoms with Gasteiger partial charge >= 0.3 is 0 Å². The summed E-state index contributed by atoms with van der Waals surface area (Å²) in [6.07, 6.45) is 1.56. The molecule has 0 spiro atoms. The zero-order chi connectivity index (χ0) is 13.1. The SMILES string of the molecule is COCC(N)CN(C)c1cc(C)cc2ncnn12. The van der Waals surface area contributed by atoms with Crippen LogP contribution in [-0.4, -0.2) is 47.9 Å². The molecule has 0 amide bonds. The molecule has 0 saturated heterocycles. The molecule has 2 aromatic rings. The Morgan fingerprint density at radius 3 is 3.00 bits per heavy atom. The molecule has 18 heavy (non-hydrogen) atoms. The molecule has 0 bridgehead atoms. The molecule has 1 atom stereocenters. The number of hydrogen-bond acceptors (Lipinski definition) is 5. The van der Waals surface area contributed by atoms with Crippen LogP contribution in [0.3, 0.4) is 0 Å². The Bertz CT molecular complexity index is 524. The van der Waals surface area contributed by atoms with E-state index in [9.17, 15) is 0 Å². The molecule has 0 aliphatic carbocycles. The second-order valence-corrected chi connectivity index (χ2v) is 4.52. The van der Waals surface area contributed by atoms with Gasteiger partial charge in [0.2, 0.25) is 0 Å². The third kappa shape index (κ3) is 2.60. The number of fused-ring (bicyclic) bond motifs is 1. The molecule has 1 unspecified atom stereocenters. The smallest absolute Gasteiger partial charge is 0.157 e. The molecule has 6 heteroatoms. The Morgan fingerprint density at radius 1 is 1.50 bits per heavy atom. The molecule has 98 valence electrons. The molecule has 6 nitrogen and oxygen atoms in total. The molecule has 0 radical (unpaired) electrons. The first kappa shape index (κ1) is 12.8. The summed E-state index contributed by atoms with van der Waals surface area (Å²) >= 11 is 0. The largest absolute Gasteiger partial charge is 0.383 e. The number of ether oxygens (including phenoxy) is 1. The fourth-order valence-electron chi connectivity index (χ4n) is 2.02. The summed E-state index contributed by atoms with van der Waals surface area (Å²) in [7, 11) is 3.65. The zero-order valence-corrected chi connectivity index (χ0v) is 11.0. The number of rotatable bonds is 5. The Hall–Kier alpha value is -1.66. The van der Waals surface area contributed by atoms with Crippen LogP contribution in [-0.2, 0) is 4.74 Å². The van der Waals surface area contributed by atoms with Crippen molar-refractivity contribution in [2.24, 2.45) is 5.73 Å². The quantitative estimate of drug-likeness (QED) is 0.833. The summed E-state index contributed by atoms with van der Waals surface area (Å²) in [4.78, 5) is 6.28. The third-order valence-corrected chi connectivity index (χ3v) is 2.78. The molecule has 0 aliphatic heterocycles. The number of aryl methyl sites for hydroxylation is 1. The maximum absolute atomic E-state index is 5.97. The van der Waals surface area contributed by atoms with Gasteiger partial charge in [0, 0.05) is 26.7 Å². The van der Waals surface area contributed by atoms with Crippen molar-refractivity contribution in [2.45, 2.75) is 13.0 Å². The molecule has 2 rings (SSSR count). The van der Waals surface area contributed by atoms with E-state index >= 15 is 0 Å². The van der Waals surface area contributed by atoms with E-state index in [1.165, 1.54) is 0 Å². The van der Waals surface area contributed by atoms with Gasteiger partial charge in [-0.15, -0.1) is 0 Å². The van der Waals surface area contributed by atoms with Crippen molar-refractivity contribution in [1.29, 1.82) is 0 Å². The molecule has 2 N–H and O–H groups in total. The summed E-state index contributed by atoms with van der Waals surface area (Å²) in [5.74, 6) is 0.981. The second-order valence-electron chi connectivity index (χ2n) is 4.52. The molecule has 0 aliphatic rings. The van der Waals surface area contributed by atoms with E-state index in [-0.39, 0.29) is 6.04 Å². The zero-order valence-electron chi connectivity index (χ0n) is 11.0. The van der Waals surface area contributed by atoms with Gasteiger partial charge in [-0.25, -0.2) is 4.98 Å². The molecule has 0 aromatic carbocycles. The number of hydrogen-bond donors (Lipinski definition) is 1. The maximum Gasteiger partial charge on any atom is 0.157 e. The van der Waals surface area contributed by atoms with Gasteiger partial charge in [-0.3, -0.25) is 0 Å². The average molecular weight is 249 g/mol. The van der Waals surface area contributed by atoms with E-state index < -0.39 is 0 Å². The highest BCUT2D eigenvalue weighted by Gasteiger charge is 2.12. The Morgan fingerprint density at radius 2 is 2.28 bits per heavy atom. The average Bonchev–Trinajstić information content (AvgIpc) is 2.75. The van der Waals surface area contributed by atoms with Crippen LogP contribution in [0, 0.1) is 6.92 Å². The predicted octanol–water partition coefficient (Wildman–Crippen LogP) is 0.448. The number of anilines is 1. The lowest BCUT2D eigenvalue weighted by molar-refractivity contribution is 0.181. The van der Waals surface area contributed by atoms with Crippen LogP contribution >= 0.6 is 0 Å². The van der Waals surface area contributed by atoms with E-state index in [4.69, 9.17) is 10.5 Å². The van der Waals surface area contributed by atoms with E-state index in [1.54, 1.807) is 13.4 Å². The van der Waals surface area contributed by atoms with Crippen molar-refractivity contribution >= 4 is 11.5 Å². The molecular formula is C12H19N5O. The lowest BCUT2D eigenvalue weighted by Crippen LogP contribution is -2.39. The highest BCUT2D eigenvalue weighted by atomic mass is 16.5. The van der Waals surface area contributed by atoms with Gasteiger partial charge in [0.25, 0.3) is 0 Å². The number of nitrogens with two attached hydrogens (primary N) is 1. The molecule has 0 fully saturated rings. The van der Waals surface area contributed by atoms with Crippen molar-refractivity contribution < 1.29 is 4.74 Å². The van der Waals surface area contributed by atoms with Gasteiger partial charge in [0.05, 0.1) is 6.61 Å². The van der Waals surface area contributed by atoms with Crippen LogP contribution < -0.4 is 10.6 Å². The third-order valence-electron chi connectivity index (χ3n) is 2.78. The van der Waals surface area contributed by atoms with Gasteiger partial charge in [0.1, 0.15) is 12.1 Å². The van der Waals surface area contributed by atoms with Crippen LogP contribution in [0.5, 0.6) is 0 Å². The first-order chi connectivity index (χ1) is 8.61. The summed E-state index contributed by atoms with van der Waals surface area (Å²) < 4.78 is 6.86. The number of methoxy groups -OCH3 is 1. The van der Waals surface area contributed by atoms with E-state index in [0.29, 0.717) is 13.2 Å². The summed E-state index contributed by atoms with van der Waals surface area (Å²) in [6, 6.07) is 4.04. The fraction of sp³-hybridized carbons (Fsp3) is 0.500. The Balaban J connectivity index is 2.26. The number of pyridine rings is 1. The maximum atomic E-state index is 5.97. The summed E-state index contributed by atoms with van der Waals surface area (Å²) in [6.45, 7) is 3.28. The van der Waals surface area contributed by atoms with E-state index in [2.05, 4.69) is 21.0 Å². The lowest BCUT2D eigenvalue weighted by Gasteiger charge is -2.23. The number of nitrogens with zero attached hydrogens (tertiary/aromatic N) is 4. The van der Waals surface area contributed by atoms with Gasteiger partial charge in [-0.2, -0.15) is 9.61 Å². The van der Waals surface area contributed by atoms with E-state index in [0.717, 1.165) is 17.0 Å². The molecule has 0 saturated carbocycles. The Kier molecular flexibility index (Phi) is 3.78. The van der Waals surface area contributed by atoms with Gasteiger partial charge < -0.3 is 15.4 Å². The molecular weight excluding hydrogens is 230 g/mol. The van der Waals surface area contributed by atoms with Crippen molar-refractivity contribution in [3.63, 3.8) is 0 Å². The predicted molar refractivity (Wildman–Crippen MR) is 70.8 cm³/mol. The van der Waals surface area contributed by atoms with Crippen molar-refractivity contribution in [3.8, 4) is 0 Å². The van der Waals surface area contributed by atoms with Crippen LogP contribution in [0.15, 0.2) is 18.5 Å². The number of likely N-dealkylation sites (N-methyl/N-ethyl adjacent to an activating group) is 1. The topological polar surface area (TPSA) is 68.7 Å². The standard InChI is InChI=1S/C12H19N5O/c1-9-4-11-14-8-15-17(11)12(5-9)16(2)6-10(13)7-18-3/h4-5,8,10H,6-7,13H2,1-3H3. The second kappa shape index (κ2) is 5.32. The van der Waals surface area contributed by atoms with Crippen LogP contribution in [0.1, 0.15) is 5.56 Å². The van der Waals surface area contributed by atoms with E-state index in [1.807, 2.05) is 24.6 Å². The Labute approximate surface area is 106 Å². The summed E-state index contributed by atoms with van der Waals surface area (Å²) in [5, 5.41) is 4.23. The minimum Gasteiger partial charge on any atom is -0.383 e. The van der Waals surface area contributed by atoms with Crippen molar-refractivity contribution in [2.75, 3.05) is 32.2 Å². The first-order valence-corrected chi connectivity index (χ1v) is 5.88. The van der Waals surface area contributed by atoms with Gasteiger partial charge in [0.15, 0.2) is 5.65 Å². The minimum absolute atomic E-state index is 0.0286.